The normalized spacial score (nSPS) is 24.1. The zero-order chi connectivity index (χ0) is 11.7. The van der Waals surface area contributed by atoms with E-state index >= 15 is 0 Å². The van der Waals surface area contributed by atoms with Gasteiger partial charge < -0.3 is 5.11 Å². The molecule has 1 atom stereocenters. The van der Waals surface area contributed by atoms with Crippen LogP contribution in [0.1, 0.15) is 24.8 Å². The Bertz CT molecular complexity index is 364. The van der Waals surface area contributed by atoms with Crippen LogP contribution in [0.4, 0.5) is 0 Å². The van der Waals surface area contributed by atoms with Crippen LogP contribution in [0.3, 0.4) is 0 Å². The molecule has 92 valence electrons. The molecule has 1 saturated carbocycles. The third-order valence-corrected chi connectivity index (χ3v) is 4.53. The Hall–Kier alpha value is -0.860. The summed E-state index contributed by atoms with van der Waals surface area (Å²) in [6.07, 6.45) is 5.21. The van der Waals surface area contributed by atoms with Gasteiger partial charge in [0.05, 0.1) is 6.61 Å². The van der Waals surface area contributed by atoms with Crippen molar-refractivity contribution in [1.82, 2.24) is 4.90 Å². The van der Waals surface area contributed by atoms with Crippen LogP contribution in [0.15, 0.2) is 30.3 Å². The second kappa shape index (κ2) is 4.43. The molecular formula is C15H21NO. The molecule has 1 unspecified atom stereocenters. The first kappa shape index (κ1) is 11.2. The number of nitrogens with zero attached hydrogens (tertiary/aromatic N) is 1. The van der Waals surface area contributed by atoms with E-state index in [2.05, 4.69) is 29.2 Å². The summed E-state index contributed by atoms with van der Waals surface area (Å²) in [5.74, 6) is 0. The van der Waals surface area contributed by atoms with Crippen LogP contribution in [-0.4, -0.2) is 35.7 Å². The average Bonchev–Trinajstić information content (AvgIpc) is 2.25. The van der Waals surface area contributed by atoms with E-state index in [0.29, 0.717) is 11.5 Å². The van der Waals surface area contributed by atoms with Crippen LogP contribution < -0.4 is 0 Å². The molecule has 1 aliphatic carbocycles. The van der Waals surface area contributed by atoms with Crippen LogP contribution in [0.5, 0.6) is 0 Å². The molecule has 1 aliphatic heterocycles. The van der Waals surface area contributed by atoms with E-state index in [1.165, 1.54) is 37.9 Å². The van der Waals surface area contributed by atoms with Crippen molar-refractivity contribution in [2.75, 3.05) is 19.7 Å². The summed E-state index contributed by atoms with van der Waals surface area (Å²) in [6, 6.07) is 10.8. The molecule has 0 bridgehead atoms. The van der Waals surface area contributed by atoms with Gasteiger partial charge in [0, 0.05) is 19.1 Å². The fraction of sp³-hybridized carbons (Fsp3) is 0.600. The fourth-order valence-corrected chi connectivity index (χ4v) is 3.26. The van der Waals surface area contributed by atoms with E-state index in [-0.39, 0.29) is 6.61 Å². The Balaban J connectivity index is 1.57. The molecule has 1 spiro atoms. The summed E-state index contributed by atoms with van der Waals surface area (Å²) in [7, 11) is 0. The van der Waals surface area contributed by atoms with Crippen molar-refractivity contribution in [3.63, 3.8) is 0 Å². The standard InChI is InChI=1S/C15H21NO/c17-10-14(9-13-5-2-1-3-6-13)16-11-15(12-16)7-4-8-15/h1-3,5-6,14,17H,4,7-12H2. The lowest BCUT2D eigenvalue weighted by molar-refractivity contribution is -0.0917. The minimum Gasteiger partial charge on any atom is -0.395 e. The van der Waals surface area contributed by atoms with E-state index in [4.69, 9.17) is 0 Å². The molecule has 1 aromatic rings. The molecule has 1 heterocycles. The predicted octanol–water partition coefficient (Wildman–Crippen LogP) is 2.08. The molecule has 2 aliphatic rings. The van der Waals surface area contributed by atoms with Gasteiger partial charge in [0.15, 0.2) is 0 Å². The molecule has 2 fully saturated rings. The fourth-order valence-electron chi connectivity index (χ4n) is 3.26. The van der Waals surface area contributed by atoms with Crippen LogP contribution in [0.25, 0.3) is 0 Å². The van der Waals surface area contributed by atoms with Gasteiger partial charge in [-0.3, -0.25) is 4.90 Å². The lowest BCUT2D eigenvalue weighted by Gasteiger charge is -2.58. The van der Waals surface area contributed by atoms with Gasteiger partial charge in [0.2, 0.25) is 0 Å². The Kier molecular flexibility index (Phi) is 2.93. The van der Waals surface area contributed by atoms with Gasteiger partial charge in [-0.1, -0.05) is 36.8 Å². The lowest BCUT2D eigenvalue weighted by Crippen LogP contribution is -2.63. The Labute approximate surface area is 103 Å². The summed E-state index contributed by atoms with van der Waals surface area (Å²) in [6.45, 7) is 2.71. The van der Waals surface area contributed by atoms with Gasteiger partial charge in [-0.2, -0.15) is 0 Å². The van der Waals surface area contributed by atoms with E-state index in [9.17, 15) is 5.11 Å². The van der Waals surface area contributed by atoms with E-state index in [0.717, 1.165) is 6.42 Å². The summed E-state index contributed by atoms with van der Waals surface area (Å²) >= 11 is 0. The SMILES string of the molecule is OCC(Cc1ccccc1)N1CC2(CCC2)C1. The number of rotatable bonds is 4. The molecule has 17 heavy (non-hydrogen) atoms. The van der Waals surface area contributed by atoms with E-state index < -0.39 is 0 Å². The highest BCUT2D eigenvalue weighted by Crippen LogP contribution is 2.48. The Morgan fingerprint density at radius 2 is 1.88 bits per heavy atom. The molecule has 0 radical (unpaired) electrons. The molecule has 1 N–H and O–H groups in total. The maximum Gasteiger partial charge on any atom is 0.0590 e. The number of aliphatic hydroxyl groups is 1. The zero-order valence-electron chi connectivity index (χ0n) is 10.3. The highest BCUT2D eigenvalue weighted by Gasteiger charge is 2.48. The third kappa shape index (κ3) is 2.12. The van der Waals surface area contributed by atoms with Crippen LogP contribution in [0, 0.1) is 5.41 Å². The molecular weight excluding hydrogens is 210 g/mol. The van der Waals surface area contributed by atoms with Crippen molar-refractivity contribution in [3.8, 4) is 0 Å². The number of benzene rings is 1. The maximum absolute atomic E-state index is 9.54. The zero-order valence-corrected chi connectivity index (χ0v) is 10.3. The highest BCUT2D eigenvalue weighted by atomic mass is 16.3. The van der Waals surface area contributed by atoms with Gasteiger partial charge in [-0.05, 0) is 30.2 Å². The maximum atomic E-state index is 9.54. The van der Waals surface area contributed by atoms with Gasteiger partial charge in [-0.15, -0.1) is 0 Å². The molecule has 1 aromatic carbocycles. The van der Waals surface area contributed by atoms with Crippen molar-refractivity contribution in [1.29, 1.82) is 0 Å². The third-order valence-electron chi connectivity index (χ3n) is 4.53. The van der Waals surface area contributed by atoms with Crippen LogP contribution >= 0.6 is 0 Å². The monoisotopic (exact) mass is 231 g/mol. The van der Waals surface area contributed by atoms with Crippen LogP contribution in [0.2, 0.25) is 0 Å². The van der Waals surface area contributed by atoms with E-state index in [1.54, 1.807) is 0 Å². The van der Waals surface area contributed by atoms with Gasteiger partial charge >= 0.3 is 0 Å². The van der Waals surface area contributed by atoms with Crippen molar-refractivity contribution >= 4 is 0 Å². The number of likely N-dealkylation sites (tertiary alicyclic amines) is 1. The average molecular weight is 231 g/mol. The minimum atomic E-state index is 0.283. The summed E-state index contributed by atoms with van der Waals surface area (Å²) in [4.78, 5) is 2.46. The molecule has 3 rings (SSSR count). The first-order valence-corrected chi connectivity index (χ1v) is 6.70. The Morgan fingerprint density at radius 1 is 1.18 bits per heavy atom. The van der Waals surface area contributed by atoms with Crippen molar-refractivity contribution in [2.24, 2.45) is 5.41 Å². The highest BCUT2D eigenvalue weighted by molar-refractivity contribution is 5.16. The lowest BCUT2D eigenvalue weighted by atomic mass is 9.63. The quantitative estimate of drug-likeness (QED) is 0.857. The van der Waals surface area contributed by atoms with E-state index in [1.807, 2.05) is 6.07 Å². The number of hydrogen-bond donors (Lipinski definition) is 1. The molecule has 0 amide bonds. The summed E-state index contributed by atoms with van der Waals surface area (Å²) in [5.41, 5.74) is 1.99. The smallest absolute Gasteiger partial charge is 0.0590 e. The molecule has 2 heteroatoms. The number of aliphatic hydroxyl groups excluding tert-OH is 1. The summed E-state index contributed by atoms with van der Waals surface area (Å²) in [5, 5.41) is 9.54. The van der Waals surface area contributed by atoms with Crippen molar-refractivity contribution in [2.45, 2.75) is 31.7 Å². The van der Waals surface area contributed by atoms with Crippen LogP contribution in [-0.2, 0) is 6.42 Å². The first-order valence-electron chi connectivity index (χ1n) is 6.70. The van der Waals surface area contributed by atoms with Crippen molar-refractivity contribution < 1.29 is 5.11 Å². The van der Waals surface area contributed by atoms with Gasteiger partial charge in [0.25, 0.3) is 0 Å². The summed E-state index contributed by atoms with van der Waals surface area (Å²) < 4.78 is 0. The number of hydrogen-bond acceptors (Lipinski definition) is 2. The topological polar surface area (TPSA) is 23.5 Å². The first-order chi connectivity index (χ1) is 8.31. The Morgan fingerprint density at radius 3 is 2.41 bits per heavy atom. The van der Waals surface area contributed by atoms with Gasteiger partial charge in [0.1, 0.15) is 0 Å². The minimum absolute atomic E-state index is 0.283. The van der Waals surface area contributed by atoms with Crippen molar-refractivity contribution in [3.05, 3.63) is 35.9 Å². The molecule has 1 saturated heterocycles. The largest absolute Gasteiger partial charge is 0.395 e. The second-order valence-electron chi connectivity index (χ2n) is 5.78. The molecule has 2 nitrogen and oxygen atoms in total. The second-order valence-corrected chi connectivity index (χ2v) is 5.78. The predicted molar refractivity (Wildman–Crippen MR) is 68.9 cm³/mol. The molecule has 0 aromatic heterocycles. The van der Waals surface area contributed by atoms with Gasteiger partial charge in [-0.25, -0.2) is 0 Å².